The number of ether oxygens (including phenoxy) is 1. The first-order valence-corrected chi connectivity index (χ1v) is 11.9. The van der Waals surface area contributed by atoms with Crippen molar-refractivity contribution >= 4 is 17.7 Å². The Hall–Kier alpha value is -2.02. The molecule has 6 nitrogen and oxygen atoms in total. The number of rotatable bonds is 8. The summed E-state index contributed by atoms with van der Waals surface area (Å²) < 4.78 is 7.57. The van der Waals surface area contributed by atoms with Crippen molar-refractivity contribution in [2.24, 2.45) is 11.8 Å². The van der Waals surface area contributed by atoms with Gasteiger partial charge in [-0.05, 0) is 55.9 Å². The monoisotopic (exact) mass is 430 g/mol. The van der Waals surface area contributed by atoms with Gasteiger partial charge in [0.25, 0.3) is 0 Å². The fraction of sp³-hybridized carbons (Fsp3) is 0.609. The van der Waals surface area contributed by atoms with Crippen molar-refractivity contribution in [3.05, 3.63) is 24.3 Å². The molecule has 0 bridgehead atoms. The third kappa shape index (κ3) is 5.36. The van der Waals surface area contributed by atoms with E-state index in [-0.39, 0.29) is 11.9 Å². The molecule has 0 spiro atoms. The standard InChI is InChI=1S/C23H34N4O2S/c1-15(2)17(4)24-21(28)14-30-23-26-25-22(18-10-12-19(29-5)13-11-18)27(23)20-9-7-6-8-16(20)3/h10-13,15-17,20H,6-9,14H2,1-5H3,(H,24,28)/t16-,17-,20+/m0/s1. The minimum atomic E-state index is 0.0402. The SMILES string of the molecule is COc1ccc(-c2nnc(SCC(=O)N[C@@H](C)C(C)C)n2[C@@H]2CCCC[C@@H]2C)cc1. The number of amides is 1. The van der Waals surface area contributed by atoms with Crippen LogP contribution in [0.3, 0.4) is 0 Å². The lowest BCUT2D eigenvalue weighted by molar-refractivity contribution is -0.119. The first kappa shape index (κ1) is 22.7. The molecule has 1 aromatic heterocycles. The van der Waals surface area contributed by atoms with Gasteiger partial charge in [-0.2, -0.15) is 0 Å². The van der Waals surface area contributed by atoms with Gasteiger partial charge in [0.2, 0.25) is 5.91 Å². The molecule has 1 fully saturated rings. The number of aromatic nitrogens is 3. The molecular formula is C23H34N4O2S. The zero-order valence-electron chi connectivity index (χ0n) is 18.7. The Morgan fingerprint density at radius 3 is 2.53 bits per heavy atom. The van der Waals surface area contributed by atoms with Crippen molar-refractivity contribution in [2.45, 2.75) is 70.6 Å². The average Bonchev–Trinajstić information content (AvgIpc) is 3.16. The van der Waals surface area contributed by atoms with Gasteiger partial charge in [-0.15, -0.1) is 10.2 Å². The Morgan fingerprint density at radius 1 is 1.20 bits per heavy atom. The molecule has 30 heavy (non-hydrogen) atoms. The Morgan fingerprint density at radius 2 is 1.90 bits per heavy atom. The van der Waals surface area contributed by atoms with E-state index >= 15 is 0 Å². The van der Waals surface area contributed by atoms with E-state index in [0.717, 1.165) is 28.7 Å². The van der Waals surface area contributed by atoms with Crippen LogP contribution in [0.2, 0.25) is 0 Å². The van der Waals surface area contributed by atoms with Crippen LogP contribution in [0, 0.1) is 11.8 Å². The van der Waals surface area contributed by atoms with E-state index in [4.69, 9.17) is 4.74 Å². The molecule has 3 rings (SSSR count). The average molecular weight is 431 g/mol. The fourth-order valence-corrected chi connectivity index (χ4v) is 4.69. The van der Waals surface area contributed by atoms with Crippen LogP contribution >= 0.6 is 11.8 Å². The molecule has 2 aromatic rings. The van der Waals surface area contributed by atoms with Gasteiger partial charge in [0.05, 0.1) is 12.9 Å². The van der Waals surface area contributed by atoms with Crippen LogP contribution in [0.5, 0.6) is 5.75 Å². The second-order valence-corrected chi connectivity index (χ2v) is 9.57. The summed E-state index contributed by atoms with van der Waals surface area (Å²) in [7, 11) is 1.67. The molecular weight excluding hydrogens is 396 g/mol. The van der Waals surface area contributed by atoms with E-state index in [1.165, 1.54) is 31.0 Å². The number of benzene rings is 1. The number of nitrogens with zero attached hydrogens (tertiary/aromatic N) is 3. The zero-order valence-corrected chi connectivity index (χ0v) is 19.5. The Kier molecular flexibility index (Phi) is 7.81. The van der Waals surface area contributed by atoms with Crippen molar-refractivity contribution in [2.75, 3.05) is 12.9 Å². The maximum atomic E-state index is 12.4. The summed E-state index contributed by atoms with van der Waals surface area (Å²) in [5.41, 5.74) is 1.02. The summed E-state index contributed by atoms with van der Waals surface area (Å²) in [6.45, 7) is 8.58. The number of carbonyl (C=O) groups is 1. The maximum absolute atomic E-state index is 12.4. The second kappa shape index (κ2) is 10.3. The third-order valence-corrected chi connectivity index (χ3v) is 7.07. The molecule has 1 amide bonds. The first-order valence-electron chi connectivity index (χ1n) is 10.9. The van der Waals surface area contributed by atoms with Gasteiger partial charge < -0.3 is 10.1 Å². The maximum Gasteiger partial charge on any atom is 0.230 e. The van der Waals surface area contributed by atoms with E-state index in [9.17, 15) is 4.79 Å². The highest BCUT2D eigenvalue weighted by atomic mass is 32.2. The summed E-state index contributed by atoms with van der Waals surface area (Å²) in [6.07, 6.45) is 4.81. The summed E-state index contributed by atoms with van der Waals surface area (Å²) >= 11 is 1.48. The molecule has 1 N–H and O–H groups in total. The molecule has 1 aliphatic rings. The van der Waals surface area contributed by atoms with Crippen LogP contribution in [-0.2, 0) is 4.79 Å². The highest BCUT2D eigenvalue weighted by molar-refractivity contribution is 7.99. The molecule has 1 heterocycles. The summed E-state index contributed by atoms with van der Waals surface area (Å²) in [6, 6.07) is 8.46. The van der Waals surface area contributed by atoms with E-state index in [0.29, 0.717) is 23.6 Å². The lowest BCUT2D eigenvalue weighted by atomic mass is 9.85. The quantitative estimate of drug-likeness (QED) is 0.600. The number of nitrogens with one attached hydrogen (secondary N) is 1. The van der Waals surface area contributed by atoms with Crippen LogP contribution in [0.15, 0.2) is 29.4 Å². The minimum absolute atomic E-state index is 0.0402. The second-order valence-electron chi connectivity index (χ2n) is 8.62. The van der Waals surface area contributed by atoms with Gasteiger partial charge in [-0.3, -0.25) is 9.36 Å². The van der Waals surface area contributed by atoms with Crippen LogP contribution in [0.4, 0.5) is 0 Å². The van der Waals surface area contributed by atoms with E-state index in [1.54, 1.807) is 7.11 Å². The smallest absolute Gasteiger partial charge is 0.230 e. The molecule has 3 atom stereocenters. The van der Waals surface area contributed by atoms with Crippen molar-refractivity contribution < 1.29 is 9.53 Å². The van der Waals surface area contributed by atoms with Gasteiger partial charge in [0.1, 0.15) is 5.75 Å². The molecule has 0 saturated heterocycles. The number of carbonyl (C=O) groups excluding carboxylic acids is 1. The largest absolute Gasteiger partial charge is 0.497 e. The predicted octanol–water partition coefficient (Wildman–Crippen LogP) is 4.96. The van der Waals surface area contributed by atoms with Gasteiger partial charge in [-0.25, -0.2) is 0 Å². The zero-order chi connectivity index (χ0) is 21.7. The number of methoxy groups -OCH3 is 1. The molecule has 164 valence electrons. The number of hydrogen-bond acceptors (Lipinski definition) is 5. The molecule has 1 saturated carbocycles. The van der Waals surface area contributed by atoms with Crippen LogP contribution in [-0.4, -0.2) is 39.6 Å². The predicted molar refractivity (Wildman–Crippen MR) is 122 cm³/mol. The molecule has 1 aromatic carbocycles. The molecule has 0 aliphatic heterocycles. The van der Waals surface area contributed by atoms with E-state index in [1.807, 2.05) is 31.2 Å². The topological polar surface area (TPSA) is 69.0 Å². The normalized spacial score (nSPS) is 20.2. The van der Waals surface area contributed by atoms with E-state index < -0.39 is 0 Å². The lowest BCUT2D eigenvalue weighted by Gasteiger charge is -2.31. The van der Waals surface area contributed by atoms with Crippen molar-refractivity contribution in [3.8, 4) is 17.1 Å². The summed E-state index contributed by atoms with van der Waals surface area (Å²) in [5.74, 6) is 3.04. The third-order valence-electron chi connectivity index (χ3n) is 6.13. The highest BCUT2D eigenvalue weighted by Gasteiger charge is 2.29. The van der Waals surface area contributed by atoms with Crippen molar-refractivity contribution in [1.82, 2.24) is 20.1 Å². The van der Waals surface area contributed by atoms with E-state index in [2.05, 4.69) is 40.9 Å². The molecule has 0 radical (unpaired) electrons. The Labute approximate surface area is 184 Å². The van der Waals surface area contributed by atoms with Crippen LogP contribution in [0.1, 0.15) is 59.4 Å². The van der Waals surface area contributed by atoms with Gasteiger partial charge in [-0.1, -0.05) is 45.4 Å². The van der Waals surface area contributed by atoms with Gasteiger partial charge in [0.15, 0.2) is 11.0 Å². The summed E-state index contributed by atoms with van der Waals surface area (Å²) in [4.78, 5) is 12.4. The van der Waals surface area contributed by atoms with Crippen molar-refractivity contribution in [3.63, 3.8) is 0 Å². The first-order chi connectivity index (χ1) is 14.4. The van der Waals surface area contributed by atoms with Crippen LogP contribution in [0.25, 0.3) is 11.4 Å². The Balaban J connectivity index is 1.85. The Bertz CT molecular complexity index is 834. The summed E-state index contributed by atoms with van der Waals surface area (Å²) in [5, 5.41) is 12.9. The number of hydrogen-bond donors (Lipinski definition) is 1. The van der Waals surface area contributed by atoms with Crippen molar-refractivity contribution in [1.29, 1.82) is 0 Å². The molecule has 1 aliphatic carbocycles. The molecule has 7 heteroatoms. The minimum Gasteiger partial charge on any atom is -0.497 e. The van der Waals surface area contributed by atoms with Crippen LogP contribution < -0.4 is 10.1 Å². The fourth-order valence-electron chi connectivity index (χ4n) is 3.88. The highest BCUT2D eigenvalue weighted by Crippen LogP contribution is 2.39. The van der Waals surface area contributed by atoms with Gasteiger partial charge >= 0.3 is 0 Å². The number of thioether (sulfide) groups is 1. The van der Waals surface area contributed by atoms with Gasteiger partial charge in [0, 0.05) is 17.6 Å². The molecule has 0 unspecified atom stereocenters. The lowest BCUT2D eigenvalue weighted by Crippen LogP contribution is -2.37.